The van der Waals surface area contributed by atoms with Gasteiger partial charge in [-0.1, -0.05) is 0 Å². The smallest absolute Gasteiger partial charge is 0.414 e. The summed E-state index contributed by atoms with van der Waals surface area (Å²) in [6, 6.07) is 2.54. The largest absolute Gasteiger partial charge is 0.423 e. The predicted octanol–water partition coefficient (Wildman–Crippen LogP) is 3.01. The summed E-state index contributed by atoms with van der Waals surface area (Å²) in [7, 11) is -1.94. The van der Waals surface area contributed by atoms with Gasteiger partial charge in [-0.15, -0.1) is 0 Å². The third-order valence-electron chi connectivity index (χ3n) is 5.54. The molecule has 4 N–H and O–H groups in total. The lowest BCUT2D eigenvalue weighted by atomic mass is 9.89. The monoisotopic (exact) mass is 475 g/mol. The van der Waals surface area contributed by atoms with Crippen LogP contribution in [0, 0.1) is 5.82 Å². The van der Waals surface area contributed by atoms with E-state index in [1.165, 1.54) is 32.9 Å². The fourth-order valence-corrected chi connectivity index (χ4v) is 5.92. The first-order valence-electron chi connectivity index (χ1n) is 10.1. The Hall–Kier alpha value is -2.21. The summed E-state index contributed by atoms with van der Waals surface area (Å²) >= 11 is 0. The molecule has 0 spiro atoms. The predicted molar refractivity (Wildman–Crippen MR) is 116 cm³/mol. The minimum Gasteiger partial charge on any atom is -0.423 e. The molecule has 1 aromatic heterocycles. The van der Waals surface area contributed by atoms with Crippen LogP contribution in [0.15, 0.2) is 17.1 Å². The zero-order valence-electron chi connectivity index (χ0n) is 18.6. The number of alkyl carbamates (subject to hydrolysis) is 1. The second-order valence-corrected chi connectivity index (χ2v) is 11.6. The van der Waals surface area contributed by atoms with Crippen LogP contribution in [0.2, 0.25) is 0 Å². The Labute approximate surface area is 187 Å². The summed E-state index contributed by atoms with van der Waals surface area (Å²) in [5.41, 5.74) is 2.36. The molecule has 32 heavy (non-hydrogen) atoms. The Kier molecular flexibility index (Phi) is 6.09. The number of aromatic nitrogens is 1. The highest BCUT2D eigenvalue weighted by Gasteiger charge is 2.50. The number of ether oxygens (including phenoxy) is 1. The first-order valence-corrected chi connectivity index (χ1v) is 11.3. The van der Waals surface area contributed by atoms with E-state index in [-0.39, 0.29) is 23.8 Å². The van der Waals surface area contributed by atoms with Gasteiger partial charge in [-0.3, -0.25) is 14.5 Å². The van der Waals surface area contributed by atoms with Gasteiger partial charge >= 0.3 is 6.09 Å². The van der Waals surface area contributed by atoms with E-state index < -0.39 is 62.9 Å². The van der Waals surface area contributed by atoms with Crippen molar-refractivity contribution in [3.8, 4) is 0 Å². The molecule has 2 aliphatic heterocycles. The molecule has 0 fully saturated rings. The number of hydrogen-bond acceptors (Lipinski definition) is 7. The Morgan fingerprint density at radius 1 is 1.28 bits per heavy atom. The Morgan fingerprint density at radius 3 is 2.56 bits per heavy atom. The lowest BCUT2D eigenvalue weighted by Gasteiger charge is -2.32. The van der Waals surface area contributed by atoms with Crippen LogP contribution in [0.25, 0.3) is 0 Å². The first kappa shape index (κ1) is 24.4. The lowest BCUT2D eigenvalue weighted by Crippen LogP contribution is -2.51. The van der Waals surface area contributed by atoms with Crippen LogP contribution in [0.5, 0.6) is 0 Å². The number of carbonyl (C=O) groups excluding carboxylic acids is 1. The van der Waals surface area contributed by atoms with Crippen LogP contribution in [0.4, 0.5) is 23.8 Å². The van der Waals surface area contributed by atoms with Gasteiger partial charge in [-0.25, -0.2) is 22.9 Å². The number of fused-ring (bicyclic) bond motifs is 4. The molecule has 0 radical (unpaired) electrons. The van der Waals surface area contributed by atoms with Crippen molar-refractivity contribution in [1.29, 1.82) is 0 Å². The molecular weight excluding hydrogens is 447 g/mol. The fraction of sp³-hybridized carbons (Fsp3) is 0.650. The SMILES string of the molecule is CC1(C)Nc2ccc(F)c(n2)[C@]2(C)C[C@H](CC(F)(F)CN)S(=O)C(C)(C)C(=N2)NC(=O)O1. The molecule has 0 saturated carbocycles. The van der Waals surface area contributed by atoms with Crippen LogP contribution in [-0.4, -0.2) is 49.3 Å². The number of amidine groups is 1. The Balaban J connectivity index is 2.25. The van der Waals surface area contributed by atoms with Gasteiger partial charge < -0.3 is 15.8 Å². The number of alkyl halides is 2. The molecule has 1 amide bonds. The normalized spacial score (nSPS) is 29.4. The minimum atomic E-state index is -3.28. The summed E-state index contributed by atoms with van der Waals surface area (Å²) in [6.45, 7) is 6.79. The summed E-state index contributed by atoms with van der Waals surface area (Å²) in [5.74, 6) is -3.85. The minimum absolute atomic E-state index is 0.0637. The van der Waals surface area contributed by atoms with Crippen molar-refractivity contribution in [3.05, 3.63) is 23.6 Å². The number of halogens is 3. The molecule has 0 aliphatic carbocycles. The molecule has 3 rings (SSSR count). The molecule has 1 aromatic rings. The van der Waals surface area contributed by atoms with E-state index in [0.29, 0.717) is 0 Å². The Morgan fingerprint density at radius 2 is 1.94 bits per heavy atom. The van der Waals surface area contributed by atoms with Gasteiger partial charge in [-0.2, -0.15) is 0 Å². The van der Waals surface area contributed by atoms with Gasteiger partial charge in [0.2, 0.25) is 0 Å². The molecule has 2 aliphatic rings. The summed E-state index contributed by atoms with van der Waals surface area (Å²) in [4.78, 5) is 21.5. The molecule has 0 saturated heterocycles. The molecule has 0 aromatic carbocycles. The van der Waals surface area contributed by atoms with Crippen molar-refractivity contribution in [2.24, 2.45) is 10.7 Å². The zero-order valence-corrected chi connectivity index (χ0v) is 19.4. The van der Waals surface area contributed by atoms with E-state index in [0.717, 1.165) is 0 Å². The highest BCUT2D eigenvalue weighted by atomic mass is 32.2. The molecule has 3 atom stereocenters. The second kappa shape index (κ2) is 7.98. The highest BCUT2D eigenvalue weighted by molar-refractivity contribution is 7.88. The number of aliphatic imine (C=N–C) groups is 1. The number of cyclic esters (lactones) is 1. The standard InChI is InChI=1S/C20H28F3N5O3S/c1-17(2)15-26-16(29)31-18(3,4)27-13-7-6-12(21)14(25-13)19(5,28-15)8-11(32(17)30)9-20(22,23)10-24/h6-7,11H,8-10,24H2,1-5H3,(H,25,27)(H,26,28,29)/t11-,19+,32?/m1/s1. The number of carbonyl (C=O) groups is 1. The number of amides is 1. The summed E-state index contributed by atoms with van der Waals surface area (Å²) in [5, 5.41) is 4.31. The van der Waals surface area contributed by atoms with Gasteiger partial charge in [-0.05, 0) is 53.2 Å². The summed E-state index contributed by atoms with van der Waals surface area (Å²) in [6.07, 6.45) is -1.88. The number of nitrogens with zero attached hydrogens (tertiary/aromatic N) is 2. The van der Waals surface area contributed by atoms with Gasteiger partial charge in [0.05, 0.1) is 11.3 Å². The fourth-order valence-electron chi connectivity index (χ4n) is 3.93. The number of anilines is 1. The average molecular weight is 476 g/mol. The van der Waals surface area contributed by atoms with Crippen molar-refractivity contribution in [2.45, 2.75) is 74.6 Å². The van der Waals surface area contributed by atoms with E-state index in [9.17, 15) is 22.2 Å². The van der Waals surface area contributed by atoms with Crippen LogP contribution >= 0.6 is 0 Å². The van der Waals surface area contributed by atoms with Gasteiger partial charge in [0, 0.05) is 22.5 Å². The average Bonchev–Trinajstić information content (AvgIpc) is 2.72. The van der Waals surface area contributed by atoms with Gasteiger partial charge in [0.15, 0.2) is 5.72 Å². The maximum Gasteiger partial charge on any atom is 0.414 e. The number of hydrogen-bond donors (Lipinski definition) is 3. The van der Waals surface area contributed by atoms with Crippen molar-refractivity contribution in [1.82, 2.24) is 10.3 Å². The molecule has 4 bridgehead atoms. The molecule has 3 heterocycles. The Bertz CT molecular complexity index is 985. The van der Waals surface area contributed by atoms with Crippen LogP contribution in [0.1, 0.15) is 53.2 Å². The van der Waals surface area contributed by atoms with Crippen LogP contribution in [0.3, 0.4) is 0 Å². The van der Waals surface area contributed by atoms with Crippen molar-refractivity contribution in [2.75, 3.05) is 11.9 Å². The van der Waals surface area contributed by atoms with E-state index in [1.807, 2.05) is 0 Å². The zero-order chi connectivity index (χ0) is 24.1. The van der Waals surface area contributed by atoms with Crippen molar-refractivity contribution >= 4 is 28.5 Å². The summed E-state index contributed by atoms with van der Waals surface area (Å²) < 4.78 is 61.1. The molecule has 12 heteroatoms. The van der Waals surface area contributed by atoms with Gasteiger partial charge in [0.1, 0.15) is 28.7 Å². The van der Waals surface area contributed by atoms with Crippen molar-refractivity contribution < 1.29 is 26.9 Å². The molecule has 1 unspecified atom stereocenters. The number of nitrogens with two attached hydrogens (primary N) is 1. The lowest BCUT2D eigenvalue weighted by molar-refractivity contribution is -0.000129. The van der Waals surface area contributed by atoms with E-state index in [1.54, 1.807) is 13.8 Å². The topological polar surface area (TPSA) is 119 Å². The van der Waals surface area contributed by atoms with Crippen LogP contribution in [-0.2, 0) is 21.1 Å². The molecule has 8 nitrogen and oxygen atoms in total. The number of rotatable bonds is 3. The third kappa shape index (κ3) is 4.75. The van der Waals surface area contributed by atoms with E-state index >= 15 is 0 Å². The van der Waals surface area contributed by atoms with E-state index in [2.05, 4.69) is 20.6 Å². The first-order chi connectivity index (χ1) is 14.6. The second-order valence-electron chi connectivity index (χ2n) is 9.31. The maximum absolute atomic E-state index is 15.0. The molecular formula is C20H28F3N5O3S. The highest BCUT2D eigenvalue weighted by Crippen LogP contribution is 2.42. The quantitative estimate of drug-likeness (QED) is 0.619. The number of pyridine rings is 1. The van der Waals surface area contributed by atoms with E-state index in [4.69, 9.17) is 10.5 Å². The molecule has 178 valence electrons. The van der Waals surface area contributed by atoms with Crippen LogP contribution < -0.4 is 16.4 Å². The third-order valence-corrected chi connectivity index (χ3v) is 7.68. The maximum atomic E-state index is 15.0. The van der Waals surface area contributed by atoms with Crippen molar-refractivity contribution in [3.63, 3.8) is 0 Å². The number of nitrogens with one attached hydrogen (secondary N) is 2. The van der Waals surface area contributed by atoms with Gasteiger partial charge in [0.25, 0.3) is 5.92 Å².